The van der Waals surface area contributed by atoms with Crippen molar-refractivity contribution in [2.24, 2.45) is 0 Å². The number of thiophene rings is 1. The van der Waals surface area contributed by atoms with Crippen molar-refractivity contribution in [1.29, 1.82) is 0 Å². The van der Waals surface area contributed by atoms with Gasteiger partial charge in [0.2, 0.25) is 0 Å². The second-order valence-corrected chi connectivity index (χ2v) is 7.39. The normalized spacial score (nSPS) is 11.7. The Kier molecular flexibility index (Phi) is 6.21. The van der Waals surface area contributed by atoms with Gasteiger partial charge in [0.25, 0.3) is 11.8 Å². The molecule has 0 aliphatic heterocycles. The average Bonchev–Trinajstić information content (AvgIpc) is 3.22. The number of halogens is 1. The van der Waals surface area contributed by atoms with Gasteiger partial charge in [0.15, 0.2) is 0 Å². The molecule has 1 atom stereocenters. The van der Waals surface area contributed by atoms with Gasteiger partial charge < -0.3 is 10.6 Å². The second-order valence-electron chi connectivity index (χ2n) is 6.41. The number of carbonyl (C=O) groups is 2. The van der Waals surface area contributed by atoms with E-state index in [2.05, 4.69) is 10.6 Å². The monoisotopic (exact) mass is 396 g/mol. The van der Waals surface area contributed by atoms with E-state index in [1.54, 1.807) is 35.6 Å². The predicted octanol–water partition coefficient (Wildman–Crippen LogP) is 5.33. The van der Waals surface area contributed by atoms with Crippen molar-refractivity contribution in [2.45, 2.75) is 26.3 Å². The molecule has 2 aromatic carbocycles. The van der Waals surface area contributed by atoms with Crippen LogP contribution < -0.4 is 10.6 Å². The fourth-order valence-corrected chi connectivity index (χ4v) is 3.70. The number of nitrogens with one attached hydrogen (secondary N) is 2. The third-order valence-electron chi connectivity index (χ3n) is 4.47. The third-order valence-corrected chi connectivity index (χ3v) is 5.45. The van der Waals surface area contributed by atoms with Crippen molar-refractivity contribution in [3.05, 3.63) is 87.4 Å². The summed E-state index contributed by atoms with van der Waals surface area (Å²) in [6.45, 7) is 3.83. The largest absolute Gasteiger partial charge is 0.344 e. The molecule has 3 aromatic rings. The number of amides is 2. The maximum absolute atomic E-state index is 13.8. The van der Waals surface area contributed by atoms with Gasteiger partial charge in [0.05, 0.1) is 11.6 Å². The maximum atomic E-state index is 13.8. The van der Waals surface area contributed by atoms with E-state index >= 15 is 0 Å². The predicted molar refractivity (Wildman–Crippen MR) is 110 cm³/mol. The SMILES string of the molecule is CCC(NC(=O)c1ccc(C)c(NC(=O)c2ccccc2F)c1)c1cccs1. The van der Waals surface area contributed by atoms with Crippen LogP contribution in [0.3, 0.4) is 0 Å². The smallest absolute Gasteiger partial charge is 0.258 e. The summed E-state index contributed by atoms with van der Waals surface area (Å²) >= 11 is 1.60. The van der Waals surface area contributed by atoms with Crippen LogP contribution in [0.1, 0.15) is 50.5 Å². The van der Waals surface area contributed by atoms with Gasteiger partial charge in [-0.05, 0) is 54.6 Å². The second kappa shape index (κ2) is 8.80. The van der Waals surface area contributed by atoms with Crippen molar-refractivity contribution in [1.82, 2.24) is 5.32 Å². The molecule has 0 saturated heterocycles. The van der Waals surface area contributed by atoms with Crippen LogP contribution in [0.25, 0.3) is 0 Å². The molecule has 6 heteroatoms. The van der Waals surface area contributed by atoms with E-state index in [4.69, 9.17) is 0 Å². The minimum absolute atomic E-state index is 0.0412. The van der Waals surface area contributed by atoms with E-state index in [0.29, 0.717) is 11.3 Å². The van der Waals surface area contributed by atoms with Crippen LogP contribution in [0.4, 0.5) is 10.1 Å². The minimum Gasteiger partial charge on any atom is -0.344 e. The number of hydrogen-bond acceptors (Lipinski definition) is 3. The highest BCUT2D eigenvalue weighted by Gasteiger charge is 2.17. The fourth-order valence-electron chi connectivity index (χ4n) is 2.84. The Labute approximate surface area is 167 Å². The van der Waals surface area contributed by atoms with Gasteiger partial charge in [-0.25, -0.2) is 4.39 Å². The highest BCUT2D eigenvalue weighted by Crippen LogP contribution is 2.23. The van der Waals surface area contributed by atoms with Crippen molar-refractivity contribution < 1.29 is 14.0 Å². The summed E-state index contributed by atoms with van der Waals surface area (Å²) in [5.41, 5.74) is 1.65. The number of anilines is 1. The summed E-state index contributed by atoms with van der Waals surface area (Å²) in [6, 6.07) is 14.8. The quantitative estimate of drug-likeness (QED) is 0.592. The van der Waals surface area contributed by atoms with Gasteiger partial charge in [-0.3, -0.25) is 9.59 Å². The summed E-state index contributed by atoms with van der Waals surface area (Å²) in [5.74, 6) is -1.36. The first-order valence-electron chi connectivity index (χ1n) is 9.00. The Morgan fingerprint density at radius 2 is 1.86 bits per heavy atom. The van der Waals surface area contributed by atoms with Crippen LogP contribution in [0.15, 0.2) is 60.0 Å². The Hall–Kier alpha value is -2.99. The summed E-state index contributed by atoms with van der Waals surface area (Å²) in [4.78, 5) is 26.2. The van der Waals surface area contributed by atoms with Crippen molar-refractivity contribution in [3.63, 3.8) is 0 Å². The summed E-state index contributed by atoms with van der Waals surface area (Å²) < 4.78 is 13.8. The van der Waals surface area contributed by atoms with Crippen LogP contribution in [0, 0.1) is 12.7 Å². The summed E-state index contributed by atoms with van der Waals surface area (Å²) in [5, 5.41) is 7.70. The topological polar surface area (TPSA) is 58.2 Å². The number of hydrogen-bond donors (Lipinski definition) is 2. The lowest BCUT2D eigenvalue weighted by Crippen LogP contribution is -2.27. The molecule has 4 nitrogen and oxygen atoms in total. The zero-order valence-corrected chi connectivity index (χ0v) is 16.5. The van der Waals surface area contributed by atoms with Gasteiger partial charge in [0.1, 0.15) is 5.82 Å². The van der Waals surface area contributed by atoms with Gasteiger partial charge in [-0.15, -0.1) is 11.3 Å². The van der Waals surface area contributed by atoms with E-state index in [1.165, 1.54) is 18.2 Å². The van der Waals surface area contributed by atoms with E-state index < -0.39 is 11.7 Å². The van der Waals surface area contributed by atoms with E-state index in [-0.39, 0.29) is 17.5 Å². The lowest BCUT2D eigenvalue weighted by Gasteiger charge is -2.16. The van der Waals surface area contributed by atoms with Crippen molar-refractivity contribution in [3.8, 4) is 0 Å². The van der Waals surface area contributed by atoms with E-state index in [0.717, 1.165) is 16.9 Å². The molecule has 0 fully saturated rings. The Morgan fingerprint density at radius 3 is 2.54 bits per heavy atom. The molecule has 0 aliphatic rings. The lowest BCUT2D eigenvalue weighted by atomic mass is 10.1. The Morgan fingerprint density at radius 1 is 1.07 bits per heavy atom. The maximum Gasteiger partial charge on any atom is 0.258 e. The first-order valence-corrected chi connectivity index (χ1v) is 9.88. The molecule has 0 spiro atoms. The molecule has 0 saturated carbocycles. The molecule has 2 amide bonds. The van der Waals surface area contributed by atoms with Crippen LogP contribution in [-0.2, 0) is 0 Å². The summed E-state index contributed by atoms with van der Waals surface area (Å²) in [6.07, 6.45) is 0.773. The average molecular weight is 396 g/mol. The van der Waals surface area contributed by atoms with Crippen LogP contribution in [0.2, 0.25) is 0 Å². The van der Waals surface area contributed by atoms with Crippen LogP contribution in [0.5, 0.6) is 0 Å². The molecule has 0 aliphatic carbocycles. The standard InChI is InChI=1S/C22H21FN2O2S/c1-3-18(20-9-6-12-28-20)24-21(26)15-11-10-14(2)19(13-15)25-22(27)16-7-4-5-8-17(16)23/h4-13,18H,3H2,1-2H3,(H,24,26)(H,25,27). The highest BCUT2D eigenvalue weighted by molar-refractivity contribution is 7.10. The Bertz CT molecular complexity index is 986. The minimum atomic E-state index is -0.590. The number of benzene rings is 2. The van der Waals surface area contributed by atoms with Gasteiger partial charge in [0, 0.05) is 16.1 Å². The third kappa shape index (κ3) is 4.46. The molecule has 0 radical (unpaired) electrons. The van der Waals surface area contributed by atoms with Crippen molar-refractivity contribution >= 4 is 28.8 Å². The Balaban J connectivity index is 1.78. The molecule has 2 N–H and O–H groups in total. The van der Waals surface area contributed by atoms with Gasteiger partial charge in [-0.1, -0.05) is 31.2 Å². The van der Waals surface area contributed by atoms with Crippen molar-refractivity contribution in [2.75, 3.05) is 5.32 Å². The fraction of sp³-hybridized carbons (Fsp3) is 0.182. The lowest BCUT2D eigenvalue weighted by molar-refractivity contribution is 0.0935. The first-order chi connectivity index (χ1) is 13.5. The highest BCUT2D eigenvalue weighted by atomic mass is 32.1. The zero-order chi connectivity index (χ0) is 20.1. The molecular formula is C22H21FN2O2S. The molecule has 1 unspecified atom stereocenters. The summed E-state index contributed by atoms with van der Waals surface area (Å²) in [7, 11) is 0. The molecule has 1 aromatic heterocycles. The van der Waals surface area contributed by atoms with E-state index in [9.17, 15) is 14.0 Å². The number of aryl methyl sites for hydroxylation is 1. The van der Waals surface area contributed by atoms with Crippen LogP contribution >= 0.6 is 11.3 Å². The zero-order valence-electron chi connectivity index (χ0n) is 15.7. The molecule has 28 heavy (non-hydrogen) atoms. The molecule has 0 bridgehead atoms. The van der Waals surface area contributed by atoms with Crippen LogP contribution in [-0.4, -0.2) is 11.8 Å². The van der Waals surface area contributed by atoms with E-state index in [1.807, 2.05) is 31.4 Å². The van der Waals surface area contributed by atoms with Gasteiger partial charge >= 0.3 is 0 Å². The molecule has 3 rings (SSSR count). The number of carbonyl (C=O) groups excluding carboxylic acids is 2. The molecular weight excluding hydrogens is 375 g/mol. The number of rotatable bonds is 6. The van der Waals surface area contributed by atoms with Gasteiger partial charge in [-0.2, -0.15) is 0 Å². The first kappa shape index (κ1) is 19.8. The molecule has 144 valence electrons. The molecule has 1 heterocycles.